The topological polar surface area (TPSA) is 12.4 Å². The first-order valence-electron chi connectivity index (χ1n) is 11.3. The Morgan fingerprint density at radius 3 is 1.12 bits per heavy atom. The van der Waals surface area contributed by atoms with Crippen LogP contribution in [0.1, 0.15) is 5.56 Å². The molecule has 158 valence electrons. The van der Waals surface area contributed by atoms with E-state index in [1.807, 2.05) is 6.07 Å². The second kappa shape index (κ2) is 10.1. The van der Waals surface area contributed by atoms with Crippen LogP contribution in [0.25, 0.3) is 0 Å². The van der Waals surface area contributed by atoms with E-state index in [4.69, 9.17) is 4.99 Å². The van der Waals surface area contributed by atoms with Gasteiger partial charge >= 0.3 is 202 Å². The first kappa shape index (κ1) is 21.5. The fourth-order valence-electron chi connectivity index (χ4n) is 4.57. The summed E-state index contributed by atoms with van der Waals surface area (Å²) in [6, 6.07) is 54.3. The van der Waals surface area contributed by atoms with Crippen LogP contribution in [0.3, 0.4) is 0 Å². The summed E-state index contributed by atoms with van der Waals surface area (Å²) in [7, 11) is 0. The van der Waals surface area contributed by atoms with Gasteiger partial charge in [-0.15, -0.1) is 0 Å². The Bertz CT molecular complexity index is 1220. The molecule has 0 saturated carbocycles. The molecule has 0 N–H and O–H groups in total. The Labute approximate surface area is 200 Å². The van der Waals surface area contributed by atoms with E-state index in [2.05, 4.69) is 146 Å². The van der Waals surface area contributed by atoms with Crippen molar-refractivity contribution in [1.82, 2.24) is 0 Å². The summed E-state index contributed by atoms with van der Waals surface area (Å²) in [5.41, 5.74) is 2.18. The molecular weight excluding hydrogens is 594 g/mol. The van der Waals surface area contributed by atoms with E-state index < -0.39 is 21.2 Å². The summed E-state index contributed by atoms with van der Waals surface area (Å²) in [6.07, 6.45) is 0. The average Bonchev–Trinajstić information content (AvgIpc) is 2.91. The number of hydrogen-bond donors (Lipinski definition) is 0. The molecular formula is C31H25NPb. The Balaban J connectivity index is 1.94. The maximum absolute atomic E-state index is 5.45. The van der Waals surface area contributed by atoms with Crippen molar-refractivity contribution in [3.63, 3.8) is 0 Å². The van der Waals surface area contributed by atoms with Gasteiger partial charge < -0.3 is 0 Å². The zero-order valence-electron chi connectivity index (χ0n) is 18.4. The molecule has 0 radical (unpaired) electrons. The van der Waals surface area contributed by atoms with Crippen LogP contribution < -0.4 is 9.37 Å². The molecule has 0 aliphatic heterocycles. The molecule has 0 bridgehead atoms. The second-order valence-electron chi connectivity index (χ2n) is 8.01. The third-order valence-corrected chi connectivity index (χ3v) is 24.3. The predicted molar refractivity (Wildman–Crippen MR) is 143 cm³/mol. The molecule has 0 fully saturated rings. The van der Waals surface area contributed by atoms with Gasteiger partial charge in [0.15, 0.2) is 0 Å². The van der Waals surface area contributed by atoms with Crippen LogP contribution in [0, 0.1) is 0 Å². The van der Waals surface area contributed by atoms with Gasteiger partial charge in [0.05, 0.1) is 0 Å². The van der Waals surface area contributed by atoms with E-state index in [1.54, 1.807) is 0 Å². The minimum atomic E-state index is -4.01. The number of benzene rings is 5. The summed E-state index contributed by atoms with van der Waals surface area (Å²) in [6.45, 7) is 0. The molecule has 0 atom stereocenters. The molecule has 0 aliphatic carbocycles. The molecule has 5 rings (SSSR count). The summed E-state index contributed by atoms with van der Waals surface area (Å²) >= 11 is -4.01. The normalized spacial score (nSPS) is 11.8. The fourth-order valence-corrected chi connectivity index (χ4v) is 23.2. The molecule has 0 saturated heterocycles. The molecule has 0 aliphatic rings. The van der Waals surface area contributed by atoms with Crippen molar-refractivity contribution in [2.24, 2.45) is 4.99 Å². The van der Waals surface area contributed by atoms with Gasteiger partial charge in [-0.2, -0.15) is 0 Å². The van der Waals surface area contributed by atoms with Gasteiger partial charge in [-0.25, -0.2) is 0 Å². The summed E-state index contributed by atoms with van der Waals surface area (Å²) in [5, 5.41) is 0. The van der Waals surface area contributed by atoms with E-state index in [0.29, 0.717) is 0 Å². The number of rotatable bonds is 6. The Morgan fingerprint density at radius 1 is 0.394 bits per heavy atom. The monoisotopic (exact) mass is 619 g/mol. The number of nitrogens with zero attached hydrogens (tertiary/aromatic N) is 1. The van der Waals surface area contributed by atoms with Gasteiger partial charge in [0.1, 0.15) is 0 Å². The first-order chi connectivity index (χ1) is 16.4. The van der Waals surface area contributed by atoms with Crippen LogP contribution in [0.4, 0.5) is 5.69 Å². The molecule has 2 heteroatoms. The zero-order chi connectivity index (χ0) is 22.3. The van der Waals surface area contributed by atoms with E-state index >= 15 is 0 Å². The van der Waals surface area contributed by atoms with E-state index in [0.717, 1.165) is 5.69 Å². The van der Waals surface area contributed by atoms with Gasteiger partial charge in [0.25, 0.3) is 0 Å². The van der Waals surface area contributed by atoms with Crippen molar-refractivity contribution in [3.05, 3.63) is 157 Å². The van der Waals surface area contributed by atoms with Crippen molar-refractivity contribution in [2.45, 2.75) is 0 Å². The molecule has 0 unspecified atom stereocenters. The summed E-state index contributed by atoms with van der Waals surface area (Å²) in [5.74, 6) is 0. The van der Waals surface area contributed by atoms with Crippen molar-refractivity contribution in [3.8, 4) is 0 Å². The predicted octanol–water partition coefficient (Wildman–Crippen LogP) is 5.52. The van der Waals surface area contributed by atoms with Crippen LogP contribution in [0.15, 0.2) is 157 Å². The molecule has 5 aromatic rings. The van der Waals surface area contributed by atoms with Crippen LogP contribution in [-0.4, -0.2) is 24.4 Å². The SMILES string of the molecule is c1ccc(N=[C](c2ccccc2)[Pb]([c]2ccccc2)([c]2ccccc2)[c]2ccccc2)cc1. The Morgan fingerprint density at radius 2 is 0.727 bits per heavy atom. The number of aliphatic imine (C=N–C) groups is 1. The Kier molecular flexibility index (Phi) is 6.59. The molecule has 0 aromatic heterocycles. The van der Waals surface area contributed by atoms with Crippen LogP contribution in [0.2, 0.25) is 0 Å². The van der Waals surface area contributed by atoms with Crippen molar-refractivity contribution in [1.29, 1.82) is 0 Å². The second-order valence-corrected chi connectivity index (χ2v) is 22.4. The molecule has 5 aromatic carbocycles. The fraction of sp³-hybridized carbons (Fsp3) is 0. The molecule has 33 heavy (non-hydrogen) atoms. The standard InChI is InChI=1S/C13H10N.3C6H5.Pb/c1-3-7-12(8-4-1)11-14-13-9-5-2-6-10-13;3*1-2-4-6-5-3-1;/h1-10H;3*1-5H;. The van der Waals surface area contributed by atoms with Crippen LogP contribution >= 0.6 is 0 Å². The van der Waals surface area contributed by atoms with Crippen molar-refractivity contribution < 1.29 is 0 Å². The third kappa shape index (κ3) is 4.33. The summed E-state index contributed by atoms with van der Waals surface area (Å²) < 4.78 is 5.43. The van der Waals surface area contributed by atoms with Crippen molar-refractivity contribution >= 4 is 39.5 Å². The Hall–Kier alpha value is -3.31. The van der Waals surface area contributed by atoms with Crippen molar-refractivity contribution in [2.75, 3.05) is 0 Å². The maximum atomic E-state index is 5.45. The number of hydrogen-bond acceptors (Lipinski definition) is 1. The summed E-state index contributed by atoms with van der Waals surface area (Å²) in [4.78, 5) is 5.45. The van der Waals surface area contributed by atoms with Gasteiger partial charge in [0, 0.05) is 0 Å². The van der Waals surface area contributed by atoms with E-state index in [1.165, 1.54) is 18.2 Å². The number of para-hydroxylation sites is 1. The van der Waals surface area contributed by atoms with Gasteiger partial charge in [-0.05, 0) is 0 Å². The first-order valence-corrected chi connectivity index (χ1v) is 19.0. The van der Waals surface area contributed by atoms with E-state index in [-0.39, 0.29) is 0 Å². The van der Waals surface area contributed by atoms with E-state index in [9.17, 15) is 0 Å². The minimum absolute atomic E-state index is 0.989. The average molecular weight is 619 g/mol. The van der Waals surface area contributed by atoms with Gasteiger partial charge in [-0.1, -0.05) is 0 Å². The molecule has 0 spiro atoms. The molecule has 1 nitrogen and oxygen atoms in total. The van der Waals surface area contributed by atoms with Crippen LogP contribution in [-0.2, 0) is 0 Å². The molecule has 0 amide bonds. The third-order valence-electron chi connectivity index (χ3n) is 6.02. The molecule has 0 heterocycles. The van der Waals surface area contributed by atoms with Gasteiger partial charge in [-0.3, -0.25) is 0 Å². The zero-order valence-corrected chi connectivity index (χ0v) is 22.3. The van der Waals surface area contributed by atoms with Gasteiger partial charge in [0.2, 0.25) is 0 Å². The quantitative estimate of drug-likeness (QED) is 0.176. The van der Waals surface area contributed by atoms with Crippen LogP contribution in [0.5, 0.6) is 0 Å².